The van der Waals surface area contributed by atoms with Crippen molar-refractivity contribution in [3.05, 3.63) is 29.8 Å². The molecule has 2 amide bonds. The van der Waals surface area contributed by atoms with E-state index in [-0.39, 0.29) is 18.2 Å². The number of aliphatic hydroxyl groups is 1. The molecule has 3 N–H and O–H groups in total. The van der Waals surface area contributed by atoms with Gasteiger partial charge in [0.05, 0.1) is 25.9 Å². The number of nitrogens with one attached hydrogen (secondary N) is 2. The van der Waals surface area contributed by atoms with Gasteiger partial charge < -0.3 is 25.2 Å². The fraction of sp³-hybridized carbons (Fsp3) is 0.611. The molecule has 0 bridgehead atoms. The molecule has 0 aliphatic heterocycles. The molecule has 2 rings (SSSR count). The molecule has 6 nitrogen and oxygen atoms in total. The highest BCUT2D eigenvalue weighted by Crippen LogP contribution is 2.18. The van der Waals surface area contributed by atoms with Crippen LogP contribution in [0.25, 0.3) is 0 Å². The van der Waals surface area contributed by atoms with E-state index in [0.29, 0.717) is 26.4 Å². The van der Waals surface area contributed by atoms with Crippen molar-refractivity contribution in [2.75, 3.05) is 25.1 Å². The van der Waals surface area contributed by atoms with Gasteiger partial charge in [-0.05, 0) is 50.3 Å². The quantitative estimate of drug-likeness (QED) is 0.638. The van der Waals surface area contributed by atoms with Gasteiger partial charge in [-0.25, -0.2) is 4.79 Å². The van der Waals surface area contributed by atoms with Crippen molar-refractivity contribution in [2.45, 2.75) is 51.4 Å². The monoisotopic (exact) mass is 336 g/mol. The van der Waals surface area contributed by atoms with Gasteiger partial charge >= 0.3 is 6.03 Å². The van der Waals surface area contributed by atoms with Gasteiger partial charge in [-0.15, -0.1) is 0 Å². The Kier molecular flexibility index (Phi) is 8.01. The van der Waals surface area contributed by atoms with E-state index in [1.807, 2.05) is 31.2 Å². The number of urea groups is 1. The molecule has 0 spiro atoms. The van der Waals surface area contributed by atoms with Crippen LogP contribution >= 0.6 is 0 Å². The molecule has 24 heavy (non-hydrogen) atoms. The predicted molar refractivity (Wildman–Crippen MR) is 93.0 cm³/mol. The van der Waals surface area contributed by atoms with Crippen LogP contribution in [0, 0.1) is 0 Å². The highest BCUT2D eigenvalue weighted by Gasteiger charge is 2.20. The summed E-state index contributed by atoms with van der Waals surface area (Å²) in [5.74, 6) is 0. The minimum absolute atomic E-state index is 0.137. The minimum atomic E-state index is -0.217. The zero-order valence-electron chi connectivity index (χ0n) is 14.3. The van der Waals surface area contributed by atoms with E-state index in [1.54, 1.807) is 0 Å². The number of benzene rings is 1. The maximum Gasteiger partial charge on any atom is 0.319 e. The molecule has 0 aromatic heterocycles. The normalized spacial score (nSPS) is 20.6. The number of anilines is 1. The molecule has 0 heterocycles. The van der Waals surface area contributed by atoms with Crippen molar-refractivity contribution in [1.82, 2.24) is 5.32 Å². The van der Waals surface area contributed by atoms with Gasteiger partial charge in [0.1, 0.15) is 0 Å². The molecule has 6 heteroatoms. The highest BCUT2D eigenvalue weighted by molar-refractivity contribution is 5.89. The zero-order chi connectivity index (χ0) is 17.2. The maximum absolute atomic E-state index is 12.1. The Morgan fingerprint density at radius 3 is 2.71 bits per heavy atom. The summed E-state index contributed by atoms with van der Waals surface area (Å²) in [6, 6.07) is 7.56. The lowest BCUT2D eigenvalue weighted by molar-refractivity contribution is 0.0453. The second kappa shape index (κ2) is 10.3. The van der Waals surface area contributed by atoms with Gasteiger partial charge in [0.15, 0.2) is 0 Å². The van der Waals surface area contributed by atoms with Crippen molar-refractivity contribution in [3.8, 4) is 0 Å². The van der Waals surface area contributed by atoms with Crippen LogP contribution in [0.4, 0.5) is 10.5 Å². The second-order valence-electron chi connectivity index (χ2n) is 6.05. The summed E-state index contributed by atoms with van der Waals surface area (Å²) in [7, 11) is 0. The number of ether oxygens (including phenoxy) is 2. The third-order valence-electron chi connectivity index (χ3n) is 4.06. The van der Waals surface area contributed by atoms with Crippen molar-refractivity contribution in [1.29, 1.82) is 0 Å². The average molecular weight is 336 g/mol. The van der Waals surface area contributed by atoms with E-state index in [0.717, 1.165) is 36.9 Å². The molecule has 0 saturated heterocycles. The molecule has 0 atom stereocenters. The van der Waals surface area contributed by atoms with E-state index >= 15 is 0 Å². The van der Waals surface area contributed by atoms with E-state index in [1.165, 1.54) is 0 Å². The van der Waals surface area contributed by atoms with E-state index in [9.17, 15) is 9.90 Å². The van der Waals surface area contributed by atoms with Gasteiger partial charge in [-0.3, -0.25) is 0 Å². The predicted octanol–water partition coefficient (Wildman–Crippen LogP) is 2.66. The van der Waals surface area contributed by atoms with Gasteiger partial charge in [0.25, 0.3) is 0 Å². The number of carbonyl (C=O) groups excluding carboxylic acids is 1. The highest BCUT2D eigenvalue weighted by atomic mass is 16.5. The summed E-state index contributed by atoms with van der Waals surface area (Å²) >= 11 is 0. The summed E-state index contributed by atoms with van der Waals surface area (Å²) in [6.45, 7) is 4.28. The first-order chi connectivity index (χ1) is 11.7. The first-order valence-electron chi connectivity index (χ1n) is 8.67. The molecule has 134 valence electrons. The minimum Gasteiger partial charge on any atom is -0.393 e. The van der Waals surface area contributed by atoms with Crippen molar-refractivity contribution >= 4 is 11.7 Å². The largest absolute Gasteiger partial charge is 0.393 e. The van der Waals surface area contributed by atoms with Crippen LogP contribution in [0.5, 0.6) is 0 Å². The summed E-state index contributed by atoms with van der Waals surface area (Å²) < 4.78 is 10.8. The van der Waals surface area contributed by atoms with E-state index in [2.05, 4.69) is 10.6 Å². The molecule has 1 aromatic carbocycles. The number of amides is 2. The Morgan fingerprint density at radius 1 is 1.21 bits per heavy atom. The Labute approximate surface area is 143 Å². The smallest absolute Gasteiger partial charge is 0.319 e. The SMILES string of the molecule is CCOCCOCc1cccc(NC(=O)NC2CCC(O)CC2)c1. The van der Waals surface area contributed by atoms with Crippen LogP contribution in [-0.2, 0) is 16.1 Å². The first kappa shape index (κ1) is 18.7. The van der Waals surface area contributed by atoms with Gasteiger partial charge in [0, 0.05) is 18.3 Å². The number of carbonyl (C=O) groups is 1. The summed E-state index contributed by atoms with van der Waals surface area (Å²) in [5, 5.41) is 15.3. The molecule has 1 aliphatic carbocycles. The fourth-order valence-corrected chi connectivity index (χ4v) is 2.76. The van der Waals surface area contributed by atoms with Gasteiger partial charge in [-0.2, -0.15) is 0 Å². The molecule has 1 saturated carbocycles. The zero-order valence-corrected chi connectivity index (χ0v) is 14.3. The molecular formula is C18H28N2O4. The van der Waals surface area contributed by atoms with Crippen LogP contribution in [0.2, 0.25) is 0 Å². The molecule has 0 unspecified atom stereocenters. The van der Waals surface area contributed by atoms with Crippen LogP contribution in [0.1, 0.15) is 38.2 Å². The maximum atomic E-state index is 12.1. The number of hydrogen-bond acceptors (Lipinski definition) is 4. The van der Waals surface area contributed by atoms with Crippen molar-refractivity contribution in [2.24, 2.45) is 0 Å². The Bertz CT molecular complexity index is 502. The third-order valence-corrected chi connectivity index (χ3v) is 4.06. The lowest BCUT2D eigenvalue weighted by Crippen LogP contribution is -2.40. The standard InChI is InChI=1S/C18H28N2O4/c1-2-23-10-11-24-13-14-4-3-5-16(12-14)20-18(22)19-15-6-8-17(21)9-7-15/h3-5,12,15,17,21H,2,6-11,13H2,1H3,(H2,19,20,22). The van der Waals surface area contributed by atoms with Gasteiger partial charge in [-0.1, -0.05) is 12.1 Å². The van der Waals surface area contributed by atoms with Crippen LogP contribution in [0.15, 0.2) is 24.3 Å². The Morgan fingerprint density at radius 2 is 1.96 bits per heavy atom. The number of hydrogen-bond donors (Lipinski definition) is 3. The molecule has 1 aliphatic rings. The summed E-state index contributed by atoms with van der Waals surface area (Å²) in [6.07, 6.45) is 2.93. The van der Waals surface area contributed by atoms with Crippen molar-refractivity contribution in [3.63, 3.8) is 0 Å². The van der Waals surface area contributed by atoms with E-state index < -0.39 is 0 Å². The lowest BCUT2D eigenvalue weighted by Gasteiger charge is -2.26. The fourth-order valence-electron chi connectivity index (χ4n) is 2.76. The van der Waals surface area contributed by atoms with Crippen LogP contribution < -0.4 is 10.6 Å². The van der Waals surface area contributed by atoms with Gasteiger partial charge in [0.2, 0.25) is 0 Å². The Balaban J connectivity index is 1.73. The average Bonchev–Trinajstić information content (AvgIpc) is 2.57. The summed E-state index contributed by atoms with van der Waals surface area (Å²) in [4.78, 5) is 12.1. The topological polar surface area (TPSA) is 79.8 Å². The Hall–Kier alpha value is -1.63. The van der Waals surface area contributed by atoms with Crippen LogP contribution in [0.3, 0.4) is 0 Å². The summed E-state index contributed by atoms with van der Waals surface area (Å²) in [5.41, 5.74) is 1.75. The lowest BCUT2D eigenvalue weighted by atomic mass is 9.93. The van der Waals surface area contributed by atoms with Crippen LogP contribution in [-0.4, -0.2) is 43.1 Å². The first-order valence-corrected chi connectivity index (χ1v) is 8.67. The number of aliphatic hydroxyl groups excluding tert-OH is 1. The molecule has 1 fully saturated rings. The number of rotatable bonds is 8. The molecule has 1 aromatic rings. The molecule has 0 radical (unpaired) electrons. The molecular weight excluding hydrogens is 308 g/mol. The van der Waals surface area contributed by atoms with Crippen molar-refractivity contribution < 1.29 is 19.4 Å². The second-order valence-corrected chi connectivity index (χ2v) is 6.05. The third kappa shape index (κ3) is 6.86. The van der Waals surface area contributed by atoms with E-state index in [4.69, 9.17) is 9.47 Å².